The van der Waals surface area contributed by atoms with Crippen LogP contribution in [-0.2, 0) is 11.4 Å². The molecule has 0 aliphatic carbocycles. The molecule has 1 amide bonds. The van der Waals surface area contributed by atoms with Gasteiger partial charge in [-0.15, -0.1) is 0 Å². The number of ether oxygens (including phenoxy) is 2. The highest BCUT2D eigenvalue weighted by atomic mass is 79.9. The highest BCUT2D eigenvalue weighted by molar-refractivity contribution is 9.10. The van der Waals surface area contributed by atoms with Crippen LogP contribution in [0.2, 0.25) is 5.02 Å². The molecule has 0 unspecified atom stereocenters. The van der Waals surface area contributed by atoms with E-state index in [2.05, 4.69) is 15.9 Å². The summed E-state index contributed by atoms with van der Waals surface area (Å²) < 4.78 is 12.7. The Morgan fingerprint density at radius 1 is 1.32 bits per heavy atom. The zero-order valence-corrected chi connectivity index (χ0v) is 19.2. The summed E-state index contributed by atoms with van der Waals surface area (Å²) in [5, 5.41) is 0.646. The molecule has 0 spiro atoms. The van der Waals surface area contributed by atoms with Crippen molar-refractivity contribution >= 4 is 67.8 Å². The van der Waals surface area contributed by atoms with Crippen molar-refractivity contribution in [2.24, 2.45) is 0 Å². The van der Waals surface area contributed by atoms with Crippen LogP contribution >= 0.6 is 51.5 Å². The van der Waals surface area contributed by atoms with Crippen LogP contribution in [0.25, 0.3) is 6.08 Å². The summed E-state index contributed by atoms with van der Waals surface area (Å²) in [4.78, 5) is 14.6. The van der Waals surface area contributed by atoms with E-state index in [1.165, 1.54) is 11.8 Å². The molecule has 4 nitrogen and oxygen atoms in total. The minimum Gasteiger partial charge on any atom is -0.493 e. The Morgan fingerprint density at radius 3 is 2.71 bits per heavy atom. The van der Waals surface area contributed by atoms with Gasteiger partial charge in [0.05, 0.1) is 16.5 Å². The summed E-state index contributed by atoms with van der Waals surface area (Å²) in [6.07, 6.45) is 1.81. The largest absolute Gasteiger partial charge is 0.493 e. The lowest BCUT2D eigenvalue weighted by Crippen LogP contribution is -2.27. The smallest absolute Gasteiger partial charge is 0.266 e. The number of carbonyl (C=O) groups is 1. The van der Waals surface area contributed by atoms with Crippen LogP contribution < -0.4 is 9.47 Å². The van der Waals surface area contributed by atoms with Crippen LogP contribution in [0.15, 0.2) is 45.8 Å². The standard InChI is InChI=1S/C20H17BrClNO3S2/c1-3-23-19(24)17(28-20(23)27)10-12-8-14(21)18(16(9-12)25-2)26-11-13-6-4-5-7-15(13)22/h4-10H,3,11H2,1-2H3/b17-10-. The normalized spacial score (nSPS) is 15.4. The third-order valence-corrected chi connectivity index (χ3v) is 6.40. The van der Waals surface area contributed by atoms with Crippen LogP contribution in [0.5, 0.6) is 11.5 Å². The summed E-state index contributed by atoms with van der Waals surface area (Å²) in [7, 11) is 1.57. The van der Waals surface area contributed by atoms with Gasteiger partial charge in [-0.3, -0.25) is 9.69 Å². The topological polar surface area (TPSA) is 38.8 Å². The molecule has 0 radical (unpaired) electrons. The molecule has 1 aliphatic rings. The van der Waals surface area contributed by atoms with Gasteiger partial charge in [0.2, 0.25) is 0 Å². The van der Waals surface area contributed by atoms with Gasteiger partial charge in [-0.05, 0) is 52.7 Å². The molecule has 0 bridgehead atoms. The second kappa shape index (κ2) is 9.31. The maximum absolute atomic E-state index is 12.4. The average molecular weight is 499 g/mol. The van der Waals surface area contributed by atoms with Crippen molar-refractivity contribution < 1.29 is 14.3 Å². The first kappa shape index (κ1) is 21.2. The van der Waals surface area contributed by atoms with Gasteiger partial charge in [-0.25, -0.2) is 0 Å². The van der Waals surface area contributed by atoms with E-state index in [9.17, 15) is 4.79 Å². The monoisotopic (exact) mass is 497 g/mol. The molecule has 0 atom stereocenters. The van der Waals surface area contributed by atoms with E-state index in [1.807, 2.05) is 43.3 Å². The van der Waals surface area contributed by atoms with Crippen molar-refractivity contribution in [1.82, 2.24) is 4.90 Å². The Kier molecular flexibility index (Phi) is 7.04. The predicted molar refractivity (Wildman–Crippen MR) is 122 cm³/mol. The fraction of sp³-hybridized carbons (Fsp3) is 0.200. The van der Waals surface area contributed by atoms with Crippen molar-refractivity contribution in [1.29, 1.82) is 0 Å². The molecule has 2 aromatic rings. The summed E-state index contributed by atoms with van der Waals surface area (Å²) >= 11 is 16.3. The van der Waals surface area contributed by atoms with E-state index in [4.69, 9.17) is 33.3 Å². The molecule has 1 aliphatic heterocycles. The average Bonchev–Trinajstić information content (AvgIpc) is 2.94. The summed E-state index contributed by atoms with van der Waals surface area (Å²) in [6, 6.07) is 11.2. The Bertz CT molecular complexity index is 964. The van der Waals surface area contributed by atoms with Gasteiger partial charge < -0.3 is 9.47 Å². The third kappa shape index (κ3) is 4.54. The third-order valence-electron chi connectivity index (χ3n) is 4.07. The molecular formula is C20H17BrClNO3S2. The molecular weight excluding hydrogens is 482 g/mol. The van der Waals surface area contributed by atoms with Crippen molar-refractivity contribution in [3.8, 4) is 11.5 Å². The zero-order chi connectivity index (χ0) is 20.3. The number of methoxy groups -OCH3 is 1. The number of hydrogen-bond donors (Lipinski definition) is 0. The van der Waals surface area contributed by atoms with Gasteiger partial charge in [0.15, 0.2) is 11.5 Å². The molecule has 0 aromatic heterocycles. The van der Waals surface area contributed by atoms with E-state index in [1.54, 1.807) is 18.1 Å². The lowest BCUT2D eigenvalue weighted by atomic mass is 10.1. The molecule has 1 heterocycles. The van der Waals surface area contributed by atoms with Crippen molar-refractivity contribution in [3.63, 3.8) is 0 Å². The first-order valence-electron chi connectivity index (χ1n) is 8.43. The van der Waals surface area contributed by atoms with Crippen LogP contribution in [0.1, 0.15) is 18.1 Å². The molecule has 146 valence electrons. The lowest BCUT2D eigenvalue weighted by Gasteiger charge is -2.14. The van der Waals surface area contributed by atoms with Gasteiger partial charge >= 0.3 is 0 Å². The number of likely N-dealkylation sites (N-methyl/N-ethyl adjacent to an activating group) is 1. The molecule has 0 N–H and O–H groups in total. The minimum absolute atomic E-state index is 0.0772. The van der Waals surface area contributed by atoms with Crippen LogP contribution in [-0.4, -0.2) is 28.8 Å². The Balaban J connectivity index is 1.86. The van der Waals surface area contributed by atoms with Crippen molar-refractivity contribution in [3.05, 3.63) is 61.9 Å². The summed E-state index contributed by atoms with van der Waals surface area (Å²) in [5.74, 6) is 1.05. The first-order valence-corrected chi connectivity index (χ1v) is 10.8. The highest BCUT2D eigenvalue weighted by Crippen LogP contribution is 2.39. The van der Waals surface area contributed by atoms with E-state index < -0.39 is 0 Å². The number of nitrogens with zero attached hydrogens (tertiary/aromatic N) is 1. The molecule has 2 aromatic carbocycles. The number of thiocarbonyl (C=S) groups is 1. The van der Waals surface area contributed by atoms with Gasteiger partial charge in [0.25, 0.3) is 5.91 Å². The number of hydrogen-bond acceptors (Lipinski definition) is 5. The van der Waals surface area contributed by atoms with E-state index in [0.29, 0.717) is 38.9 Å². The number of carbonyl (C=O) groups excluding carboxylic acids is 1. The van der Waals surface area contributed by atoms with Gasteiger partial charge in [-0.1, -0.05) is 53.8 Å². The molecule has 0 saturated carbocycles. The quantitative estimate of drug-likeness (QED) is 0.366. The number of thioether (sulfide) groups is 1. The van der Waals surface area contributed by atoms with Crippen molar-refractivity contribution in [2.75, 3.05) is 13.7 Å². The fourth-order valence-corrected chi connectivity index (χ4v) is 4.80. The number of amides is 1. The lowest BCUT2D eigenvalue weighted by molar-refractivity contribution is -0.121. The molecule has 28 heavy (non-hydrogen) atoms. The van der Waals surface area contributed by atoms with E-state index >= 15 is 0 Å². The van der Waals surface area contributed by atoms with Crippen molar-refractivity contribution in [2.45, 2.75) is 13.5 Å². The first-order chi connectivity index (χ1) is 13.4. The van der Waals surface area contributed by atoms with E-state index in [0.717, 1.165) is 15.6 Å². The molecule has 3 rings (SSSR count). The maximum atomic E-state index is 12.4. The minimum atomic E-state index is -0.0772. The van der Waals surface area contributed by atoms with E-state index in [-0.39, 0.29) is 5.91 Å². The molecule has 1 fully saturated rings. The molecule has 8 heteroatoms. The van der Waals surface area contributed by atoms with Crippen LogP contribution in [0.4, 0.5) is 0 Å². The highest BCUT2D eigenvalue weighted by Gasteiger charge is 2.30. The number of benzene rings is 2. The number of rotatable bonds is 6. The van der Waals surface area contributed by atoms with Gasteiger partial charge in [0.1, 0.15) is 10.9 Å². The maximum Gasteiger partial charge on any atom is 0.266 e. The van der Waals surface area contributed by atoms with Crippen LogP contribution in [0, 0.1) is 0 Å². The van der Waals surface area contributed by atoms with Crippen LogP contribution in [0.3, 0.4) is 0 Å². The Morgan fingerprint density at radius 2 is 2.07 bits per heavy atom. The summed E-state index contributed by atoms with van der Waals surface area (Å²) in [5.41, 5.74) is 1.69. The summed E-state index contributed by atoms with van der Waals surface area (Å²) in [6.45, 7) is 2.77. The number of halogens is 2. The van der Waals surface area contributed by atoms with Gasteiger partial charge in [-0.2, -0.15) is 0 Å². The Hall–Kier alpha value is -1.54. The van der Waals surface area contributed by atoms with Gasteiger partial charge in [0, 0.05) is 17.1 Å². The predicted octanol–water partition coefficient (Wildman–Crippen LogP) is 5.91. The SMILES string of the molecule is CCN1C(=O)/C(=C/c2cc(Br)c(OCc3ccccc3Cl)c(OC)c2)SC1=S. The second-order valence-corrected chi connectivity index (χ2v) is 8.78. The Labute approximate surface area is 187 Å². The zero-order valence-electron chi connectivity index (χ0n) is 15.2. The fourth-order valence-electron chi connectivity index (χ4n) is 2.65. The second-order valence-electron chi connectivity index (χ2n) is 5.84. The molecule has 1 saturated heterocycles.